The minimum Gasteiger partial charge on any atom is -0.496 e. The van der Waals surface area contributed by atoms with E-state index in [1.165, 1.54) is 25.3 Å². The Labute approximate surface area is 143 Å². The predicted octanol–water partition coefficient (Wildman–Crippen LogP) is 3.08. The van der Waals surface area contributed by atoms with Gasteiger partial charge in [-0.15, -0.1) is 11.3 Å². The van der Waals surface area contributed by atoms with Gasteiger partial charge in [0.15, 0.2) is 0 Å². The number of non-ortho nitro benzene ring substituents is 1. The molecule has 0 bridgehead atoms. The van der Waals surface area contributed by atoms with Crippen LogP contribution in [0, 0.1) is 10.1 Å². The number of carbonyl (C=O) groups is 1. The lowest BCUT2D eigenvalue weighted by atomic mass is 9.98. The molecular weight excluding hydrogens is 330 g/mol. The van der Waals surface area contributed by atoms with Crippen molar-refractivity contribution >= 4 is 22.9 Å². The molecule has 0 radical (unpaired) electrons. The molecule has 2 heterocycles. The highest BCUT2D eigenvalue weighted by molar-refractivity contribution is 7.09. The number of thiazole rings is 1. The summed E-state index contributed by atoms with van der Waals surface area (Å²) >= 11 is 1.59. The van der Waals surface area contributed by atoms with Gasteiger partial charge in [0.05, 0.1) is 22.6 Å². The fourth-order valence-corrected chi connectivity index (χ4v) is 3.71. The van der Waals surface area contributed by atoms with Crippen molar-refractivity contribution in [3.63, 3.8) is 0 Å². The third-order valence-corrected chi connectivity index (χ3v) is 5.07. The Hall–Kier alpha value is -2.48. The average molecular weight is 347 g/mol. The van der Waals surface area contributed by atoms with Gasteiger partial charge in [-0.2, -0.15) is 0 Å². The molecule has 24 heavy (non-hydrogen) atoms. The van der Waals surface area contributed by atoms with Crippen molar-refractivity contribution in [1.29, 1.82) is 0 Å². The quantitative estimate of drug-likeness (QED) is 0.627. The summed E-state index contributed by atoms with van der Waals surface area (Å²) in [7, 11) is 1.45. The molecule has 0 spiro atoms. The first-order valence-corrected chi connectivity index (χ1v) is 8.49. The number of likely N-dealkylation sites (tertiary alicyclic amines) is 1. The minimum atomic E-state index is -0.509. The number of amides is 1. The van der Waals surface area contributed by atoms with E-state index < -0.39 is 4.92 Å². The molecule has 126 valence electrons. The lowest BCUT2D eigenvalue weighted by Gasteiger charge is -2.32. The van der Waals surface area contributed by atoms with Crippen LogP contribution in [-0.4, -0.2) is 40.9 Å². The van der Waals surface area contributed by atoms with Gasteiger partial charge in [0.25, 0.3) is 11.6 Å². The number of nitro groups is 1. The number of rotatable bonds is 4. The van der Waals surface area contributed by atoms with E-state index in [4.69, 9.17) is 4.74 Å². The molecule has 3 rings (SSSR count). The summed E-state index contributed by atoms with van der Waals surface area (Å²) in [6.45, 7) is 1.20. The van der Waals surface area contributed by atoms with E-state index >= 15 is 0 Å². The summed E-state index contributed by atoms with van der Waals surface area (Å²) in [4.78, 5) is 29.4. The van der Waals surface area contributed by atoms with E-state index in [2.05, 4.69) is 4.98 Å². The summed E-state index contributed by atoms with van der Waals surface area (Å²) in [5.74, 6) is 0.325. The normalized spacial score (nSPS) is 17.5. The van der Waals surface area contributed by atoms with Crippen LogP contribution in [-0.2, 0) is 0 Å². The Bertz CT molecular complexity index is 748. The van der Waals surface area contributed by atoms with Crippen LogP contribution in [0.5, 0.6) is 5.75 Å². The van der Waals surface area contributed by atoms with Gasteiger partial charge < -0.3 is 9.64 Å². The Balaban J connectivity index is 1.85. The smallest absolute Gasteiger partial charge is 0.270 e. The summed E-state index contributed by atoms with van der Waals surface area (Å²) in [6, 6.07) is 4.09. The van der Waals surface area contributed by atoms with Gasteiger partial charge in [0.2, 0.25) is 0 Å². The fourth-order valence-electron chi connectivity index (χ4n) is 2.95. The number of hydrogen-bond donors (Lipinski definition) is 0. The third kappa shape index (κ3) is 3.23. The van der Waals surface area contributed by atoms with E-state index in [-0.39, 0.29) is 23.1 Å². The highest BCUT2D eigenvalue weighted by Crippen LogP contribution is 2.31. The Morgan fingerprint density at radius 2 is 2.33 bits per heavy atom. The van der Waals surface area contributed by atoms with Crippen molar-refractivity contribution in [3.05, 3.63) is 50.5 Å². The molecule has 1 aliphatic heterocycles. The molecular formula is C16H17N3O4S. The molecule has 0 aliphatic carbocycles. The van der Waals surface area contributed by atoms with Crippen LogP contribution < -0.4 is 4.74 Å². The molecule has 0 unspecified atom stereocenters. The molecule has 1 saturated heterocycles. The van der Waals surface area contributed by atoms with Crippen molar-refractivity contribution in [2.24, 2.45) is 0 Å². The number of nitrogens with zero attached hydrogens (tertiary/aromatic N) is 3. The second-order valence-electron chi connectivity index (χ2n) is 5.60. The summed E-state index contributed by atoms with van der Waals surface area (Å²) < 4.78 is 5.21. The molecule has 8 heteroatoms. The molecule has 1 atom stereocenters. The van der Waals surface area contributed by atoms with Gasteiger partial charge in [0, 0.05) is 42.7 Å². The zero-order valence-corrected chi connectivity index (χ0v) is 14.0. The highest BCUT2D eigenvalue weighted by Gasteiger charge is 2.29. The molecule has 1 aliphatic rings. The summed E-state index contributed by atoms with van der Waals surface area (Å²) in [5, 5.41) is 13.9. The molecule has 7 nitrogen and oxygen atoms in total. The highest BCUT2D eigenvalue weighted by atomic mass is 32.1. The Morgan fingerprint density at radius 1 is 1.50 bits per heavy atom. The SMILES string of the molecule is COc1ccc([N+](=O)[O-])cc1C(=O)N1CCC[C@H](c2nccs2)C1. The largest absolute Gasteiger partial charge is 0.496 e. The maximum Gasteiger partial charge on any atom is 0.270 e. The van der Waals surface area contributed by atoms with E-state index in [1.54, 1.807) is 22.4 Å². The molecule has 2 aromatic rings. The Kier molecular flexibility index (Phi) is 4.75. The number of ether oxygens (including phenoxy) is 1. The van der Waals surface area contributed by atoms with E-state index in [1.807, 2.05) is 5.38 Å². The second kappa shape index (κ2) is 6.96. The first-order valence-electron chi connectivity index (χ1n) is 7.61. The van der Waals surface area contributed by atoms with Gasteiger partial charge in [-0.1, -0.05) is 0 Å². The zero-order valence-electron chi connectivity index (χ0n) is 13.2. The van der Waals surface area contributed by atoms with Crippen LogP contribution in [0.2, 0.25) is 0 Å². The molecule has 1 aromatic carbocycles. The van der Waals surface area contributed by atoms with E-state index in [9.17, 15) is 14.9 Å². The lowest BCUT2D eigenvalue weighted by Crippen LogP contribution is -2.39. The molecule has 0 saturated carbocycles. The van der Waals surface area contributed by atoms with Gasteiger partial charge in [-0.25, -0.2) is 4.98 Å². The topological polar surface area (TPSA) is 85.6 Å². The first-order chi connectivity index (χ1) is 11.6. The van der Waals surface area contributed by atoms with Crippen molar-refractivity contribution in [1.82, 2.24) is 9.88 Å². The number of hydrogen-bond acceptors (Lipinski definition) is 6. The third-order valence-electron chi connectivity index (χ3n) is 4.13. The number of aromatic nitrogens is 1. The number of nitro benzene ring substituents is 1. The van der Waals surface area contributed by atoms with Crippen molar-refractivity contribution in [3.8, 4) is 5.75 Å². The number of piperidine rings is 1. The van der Waals surface area contributed by atoms with Crippen LogP contribution >= 0.6 is 11.3 Å². The molecule has 1 aromatic heterocycles. The van der Waals surface area contributed by atoms with Crippen LogP contribution in [0.25, 0.3) is 0 Å². The lowest BCUT2D eigenvalue weighted by molar-refractivity contribution is -0.384. The van der Waals surface area contributed by atoms with E-state index in [0.29, 0.717) is 18.8 Å². The van der Waals surface area contributed by atoms with Gasteiger partial charge in [-0.3, -0.25) is 14.9 Å². The van der Waals surface area contributed by atoms with Gasteiger partial charge in [-0.05, 0) is 18.9 Å². The first kappa shape index (κ1) is 16.4. The zero-order chi connectivity index (χ0) is 17.1. The maximum atomic E-state index is 12.9. The summed E-state index contributed by atoms with van der Waals surface area (Å²) in [6.07, 6.45) is 3.64. The fraction of sp³-hybridized carbons (Fsp3) is 0.375. The van der Waals surface area contributed by atoms with Crippen molar-refractivity contribution < 1.29 is 14.5 Å². The molecule has 0 N–H and O–H groups in total. The van der Waals surface area contributed by atoms with Gasteiger partial charge >= 0.3 is 0 Å². The standard InChI is InChI=1S/C16H17N3O4S/c1-23-14-5-4-12(19(21)22)9-13(14)16(20)18-7-2-3-11(10-18)15-17-6-8-24-15/h4-6,8-9,11H,2-3,7,10H2,1H3/t11-/m0/s1. The van der Waals surface area contributed by atoms with Crippen molar-refractivity contribution in [2.75, 3.05) is 20.2 Å². The van der Waals surface area contributed by atoms with Crippen LogP contribution in [0.3, 0.4) is 0 Å². The predicted molar refractivity (Wildman–Crippen MR) is 89.6 cm³/mol. The summed E-state index contributed by atoms with van der Waals surface area (Å²) in [5.41, 5.74) is 0.110. The number of methoxy groups -OCH3 is 1. The van der Waals surface area contributed by atoms with Crippen molar-refractivity contribution in [2.45, 2.75) is 18.8 Å². The monoisotopic (exact) mass is 347 g/mol. The minimum absolute atomic E-state index is 0.118. The van der Waals surface area contributed by atoms with Crippen LogP contribution in [0.15, 0.2) is 29.8 Å². The van der Waals surface area contributed by atoms with Gasteiger partial charge in [0.1, 0.15) is 5.75 Å². The second-order valence-corrected chi connectivity index (χ2v) is 6.53. The average Bonchev–Trinajstić information content (AvgIpc) is 3.15. The van der Waals surface area contributed by atoms with Crippen LogP contribution in [0.4, 0.5) is 5.69 Å². The number of benzene rings is 1. The maximum absolute atomic E-state index is 12.9. The molecule has 1 fully saturated rings. The number of carbonyl (C=O) groups excluding carboxylic acids is 1. The van der Waals surface area contributed by atoms with E-state index in [0.717, 1.165) is 17.8 Å². The molecule has 1 amide bonds. The Morgan fingerprint density at radius 3 is 3.00 bits per heavy atom. The van der Waals surface area contributed by atoms with Crippen LogP contribution in [0.1, 0.15) is 34.1 Å².